The van der Waals surface area contributed by atoms with Crippen LogP contribution in [0.2, 0.25) is 0 Å². The Labute approximate surface area is 121 Å². The second-order valence-corrected chi connectivity index (χ2v) is 6.54. The lowest BCUT2D eigenvalue weighted by Crippen LogP contribution is -2.58. The van der Waals surface area contributed by atoms with Gasteiger partial charge in [-0.2, -0.15) is 0 Å². The van der Waals surface area contributed by atoms with Gasteiger partial charge in [-0.3, -0.25) is 4.79 Å². The highest BCUT2D eigenvalue weighted by Gasteiger charge is 2.40. The molecule has 3 nitrogen and oxygen atoms in total. The van der Waals surface area contributed by atoms with Gasteiger partial charge in [-0.1, -0.05) is 38.1 Å². The second kappa shape index (κ2) is 5.96. The molecule has 20 heavy (non-hydrogen) atoms. The summed E-state index contributed by atoms with van der Waals surface area (Å²) in [6.45, 7) is 6.45. The Morgan fingerprint density at radius 2 is 1.85 bits per heavy atom. The molecule has 0 radical (unpaired) electrons. The number of hydrogen-bond acceptors (Lipinski definition) is 2. The number of nitrogens with two attached hydrogens (primary N) is 1. The highest BCUT2D eigenvalue weighted by atomic mass is 16.2. The quantitative estimate of drug-likeness (QED) is 0.867. The molecule has 1 amide bonds. The van der Waals surface area contributed by atoms with Crippen LogP contribution in [-0.2, 0) is 11.2 Å². The van der Waals surface area contributed by atoms with Crippen LogP contribution in [0.1, 0.15) is 57.2 Å². The molecule has 1 saturated carbocycles. The van der Waals surface area contributed by atoms with Gasteiger partial charge in [0.25, 0.3) is 0 Å². The smallest absolute Gasteiger partial charge is 0.240 e. The zero-order chi connectivity index (χ0) is 14.8. The van der Waals surface area contributed by atoms with Crippen LogP contribution in [0.15, 0.2) is 24.3 Å². The maximum Gasteiger partial charge on any atom is 0.240 e. The van der Waals surface area contributed by atoms with Crippen LogP contribution in [0.4, 0.5) is 0 Å². The molecular weight excluding hydrogens is 248 g/mol. The summed E-state index contributed by atoms with van der Waals surface area (Å²) >= 11 is 0. The molecule has 1 aliphatic rings. The van der Waals surface area contributed by atoms with E-state index in [4.69, 9.17) is 5.73 Å². The summed E-state index contributed by atoms with van der Waals surface area (Å²) < 4.78 is 0. The van der Waals surface area contributed by atoms with E-state index in [1.54, 1.807) is 0 Å². The summed E-state index contributed by atoms with van der Waals surface area (Å²) in [5.41, 5.74) is 7.90. The molecule has 3 heteroatoms. The van der Waals surface area contributed by atoms with E-state index >= 15 is 0 Å². The number of carbonyl (C=O) groups excluding carboxylic acids is 1. The first kappa shape index (κ1) is 15.0. The zero-order valence-corrected chi connectivity index (χ0v) is 12.8. The molecule has 0 aromatic heterocycles. The molecule has 0 spiro atoms. The Balaban J connectivity index is 1.95. The molecule has 1 aliphatic carbocycles. The van der Waals surface area contributed by atoms with Gasteiger partial charge in [0, 0.05) is 0 Å². The number of rotatable bonds is 5. The molecule has 1 atom stereocenters. The molecule has 2 rings (SSSR count). The molecule has 1 fully saturated rings. The lowest BCUT2D eigenvalue weighted by molar-refractivity contribution is -0.129. The fraction of sp³-hybridized carbons (Fsp3) is 0.588. The van der Waals surface area contributed by atoms with Crippen LogP contribution < -0.4 is 11.1 Å². The van der Waals surface area contributed by atoms with Crippen molar-refractivity contribution in [2.45, 2.75) is 58.0 Å². The average Bonchev–Trinajstić information content (AvgIpc) is 2.35. The number of nitrogens with one attached hydrogen (secondary N) is 1. The first-order chi connectivity index (χ1) is 9.40. The molecule has 110 valence electrons. The van der Waals surface area contributed by atoms with Gasteiger partial charge >= 0.3 is 0 Å². The van der Waals surface area contributed by atoms with E-state index in [2.05, 4.69) is 43.4 Å². The van der Waals surface area contributed by atoms with E-state index in [-0.39, 0.29) is 11.9 Å². The van der Waals surface area contributed by atoms with Crippen molar-refractivity contribution < 1.29 is 4.79 Å². The summed E-state index contributed by atoms with van der Waals surface area (Å²) in [7, 11) is 0. The van der Waals surface area contributed by atoms with Crippen molar-refractivity contribution in [1.82, 2.24) is 5.32 Å². The van der Waals surface area contributed by atoms with Crippen molar-refractivity contribution in [1.29, 1.82) is 0 Å². The minimum absolute atomic E-state index is 0.0108. The zero-order valence-electron chi connectivity index (χ0n) is 12.8. The first-order valence-corrected chi connectivity index (χ1v) is 7.59. The second-order valence-electron chi connectivity index (χ2n) is 6.54. The third kappa shape index (κ3) is 3.40. The lowest BCUT2D eigenvalue weighted by Gasteiger charge is -2.37. The van der Waals surface area contributed by atoms with Gasteiger partial charge < -0.3 is 11.1 Å². The fourth-order valence-electron chi connectivity index (χ4n) is 2.62. The topological polar surface area (TPSA) is 55.1 Å². The predicted octanol–water partition coefficient (Wildman–Crippen LogP) is 2.94. The summed E-state index contributed by atoms with van der Waals surface area (Å²) in [6.07, 6.45) is 3.76. The minimum atomic E-state index is -0.619. The van der Waals surface area contributed by atoms with Crippen molar-refractivity contribution in [3.05, 3.63) is 35.4 Å². The van der Waals surface area contributed by atoms with Crippen LogP contribution in [0, 0.1) is 5.92 Å². The van der Waals surface area contributed by atoms with Crippen LogP contribution in [0.5, 0.6) is 0 Å². The third-order valence-corrected chi connectivity index (χ3v) is 4.17. The van der Waals surface area contributed by atoms with Gasteiger partial charge in [-0.25, -0.2) is 0 Å². The van der Waals surface area contributed by atoms with Crippen LogP contribution in [0.3, 0.4) is 0 Å². The fourth-order valence-corrected chi connectivity index (χ4v) is 2.62. The van der Waals surface area contributed by atoms with Gasteiger partial charge in [0.05, 0.1) is 11.6 Å². The monoisotopic (exact) mass is 274 g/mol. The predicted molar refractivity (Wildman–Crippen MR) is 82.3 cm³/mol. The van der Waals surface area contributed by atoms with Crippen molar-refractivity contribution >= 4 is 5.91 Å². The SMILES string of the molecule is CC(C)Cc1ccc(C(C)NC(=O)C2(N)CCC2)cc1. The number of amides is 1. The van der Waals surface area contributed by atoms with Crippen molar-refractivity contribution in [2.24, 2.45) is 11.7 Å². The Bertz CT molecular complexity index is 460. The van der Waals surface area contributed by atoms with Crippen molar-refractivity contribution in [2.75, 3.05) is 0 Å². The van der Waals surface area contributed by atoms with Crippen LogP contribution in [0.25, 0.3) is 0 Å². The molecule has 0 heterocycles. The molecule has 3 N–H and O–H groups in total. The molecule has 1 unspecified atom stereocenters. The lowest BCUT2D eigenvalue weighted by atomic mass is 9.77. The van der Waals surface area contributed by atoms with E-state index in [9.17, 15) is 4.79 Å². The maximum atomic E-state index is 12.1. The molecule has 0 bridgehead atoms. The van der Waals surface area contributed by atoms with Gasteiger partial charge in [-0.05, 0) is 49.7 Å². The van der Waals surface area contributed by atoms with Gasteiger partial charge in [0.1, 0.15) is 0 Å². The third-order valence-electron chi connectivity index (χ3n) is 4.17. The van der Waals surface area contributed by atoms with Gasteiger partial charge in [0.15, 0.2) is 0 Å². The number of hydrogen-bond donors (Lipinski definition) is 2. The van der Waals surface area contributed by atoms with E-state index in [0.717, 1.165) is 31.2 Å². The molecule has 1 aromatic rings. The minimum Gasteiger partial charge on any atom is -0.348 e. The van der Waals surface area contributed by atoms with E-state index in [0.29, 0.717) is 5.92 Å². The maximum absolute atomic E-state index is 12.1. The first-order valence-electron chi connectivity index (χ1n) is 7.59. The summed E-state index contributed by atoms with van der Waals surface area (Å²) in [5.74, 6) is 0.649. The van der Waals surface area contributed by atoms with Crippen molar-refractivity contribution in [3.8, 4) is 0 Å². The molecule has 0 saturated heterocycles. The highest BCUT2D eigenvalue weighted by molar-refractivity contribution is 5.87. The molecule has 0 aliphatic heterocycles. The largest absolute Gasteiger partial charge is 0.348 e. The number of carbonyl (C=O) groups is 1. The summed E-state index contributed by atoms with van der Waals surface area (Å²) in [6, 6.07) is 8.52. The normalized spacial score (nSPS) is 18.4. The standard InChI is InChI=1S/C17H26N2O/c1-12(2)11-14-5-7-15(8-6-14)13(3)19-16(20)17(18)9-4-10-17/h5-8,12-13H,4,9-11,18H2,1-3H3,(H,19,20). The summed E-state index contributed by atoms with van der Waals surface area (Å²) in [4.78, 5) is 12.1. The van der Waals surface area contributed by atoms with Gasteiger partial charge in [-0.15, -0.1) is 0 Å². The van der Waals surface area contributed by atoms with Gasteiger partial charge in [0.2, 0.25) is 5.91 Å². The Morgan fingerprint density at radius 1 is 1.25 bits per heavy atom. The van der Waals surface area contributed by atoms with Crippen LogP contribution >= 0.6 is 0 Å². The average molecular weight is 274 g/mol. The van der Waals surface area contributed by atoms with Crippen molar-refractivity contribution in [3.63, 3.8) is 0 Å². The van der Waals surface area contributed by atoms with E-state index < -0.39 is 5.54 Å². The van der Waals surface area contributed by atoms with Crippen LogP contribution in [-0.4, -0.2) is 11.4 Å². The Kier molecular flexibility index (Phi) is 4.48. The Morgan fingerprint density at radius 3 is 2.30 bits per heavy atom. The molecule has 1 aromatic carbocycles. The molecular formula is C17H26N2O. The van der Waals surface area contributed by atoms with E-state index in [1.807, 2.05) is 6.92 Å². The number of benzene rings is 1. The van der Waals surface area contributed by atoms with E-state index in [1.165, 1.54) is 5.56 Å². The Hall–Kier alpha value is -1.35. The highest BCUT2D eigenvalue weighted by Crippen LogP contribution is 2.30. The summed E-state index contributed by atoms with van der Waals surface area (Å²) in [5, 5.41) is 3.03.